The second kappa shape index (κ2) is 13.5. The van der Waals surface area contributed by atoms with Crippen LogP contribution in [0.2, 0.25) is 0 Å². The van der Waals surface area contributed by atoms with Gasteiger partial charge in [0.1, 0.15) is 0 Å². The van der Waals surface area contributed by atoms with Crippen LogP contribution in [-0.4, -0.2) is 0 Å². The van der Waals surface area contributed by atoms with Gasteiger partial charge in [-0.3, -0.25) is 0 Å². The van der Waals surface area contributed by atoms with Gasteiger partial charge in [-0.1, -0.05) is 156 Å². The lowest BCUT2D eigenvalue weighted by Gasteiger charge is -2.33. The molecule has 1 aliphatic carbocycles. The molecule has 0 atom stereocenters. The Morgan fingerprint density at radius 2 is 1.00 bits per heavy atom. The molecule has 0 spiro atoms. The number of rotatable bonds is 12. The van der Waals surface area contributed by atoms with Crippen LogP contribution in [0, 0.1) is 0 Å². The molecule has 6 aromatic rings. The molecule has 0 aliphatic heterocycles. The molecule has 0 saturated carbocycles. The van der Waals surface area contributed by atoms with E-state index in [-0.39, 0.29) is 5.41 Å². The average molecular weight is 619 g/mol. The third-order valence-corrected chi connectivity index (χ3v) is 10.8. The Bertz CT molecular complexity index is 1980. The van der Waals surface area contributed by atoms with Crippen molar-refractivity contribution in [2.24, 2.45) is 0 Å². The monoisotopic (exact) mass is 618 g/mol. The maximum atomic E-state index is 4.84. The summed E-state index contributed by atoms with van der Waals surface area (Å²) in [6.07, 6.45) is 12.7. The lowest BCUT2D eigenvalue weighted by Crippen LogP contribution is -2.25. The van der Waals surface area contributed by atoms with E-state index in [1.165, 1.54) is 125 Å². The normalized spacial score (nSPS) is 13.3. The third-order valence-electron chi connectivity index (χ3n) is 10.5. The highest BCUT2D eigenvalue weighted by molar-refractivity contribution is 7.80. The smallest absolute Gasteiger partial charge is 0.0215 e. The van der Waals surface area contributed by atoms with Gasteiger partial charge in [-0.05, 0) is 103 Å². The summed E-state index contributed by atoms with van der Waals surface area (Å²) in [6.45, 7) is 4.65. The van der Waals surface area contributed by atoms with E-state index >= 15 is 0 Å². The largest absolute Gasteiger partial charge is 0.143 e. The minimum atomic E-state index is 0.0110. The Labute approximate surface area is 281 Å². The predicted octanol–water partition coefficient (Wildman–Crippen LogP) is 13.8. The van der Waals surface area contributed by atoms with E-state index in [4.69, 9.17) is 12.6 Å². The highest BCUT2D eigenvalue weighted by atomic mass is 32.1. The SMILES string of the molecule is CCCCCCC1(CCCCCC)c2cc(-c3cccc4ccccc34)ccc2-c2ccc(-c3cc(S)cc4ccccc34)cc21. The molecule has 0 saturated heterocycles. The fraction of sp³-hybridized carbons (Fsp3) is 0.289. The summed E-state index contributed by atoms with van der Waals surface area (Å²) in [7, 11) is 0. The summed E-state index contributed by atoms with van der Waals surface area (Å²) in [4.78, 5) is 1.02. The molecule has 0 nitrogen and oxygen atoms in total. The van der Waals surface area contributed by atoms with E-state index in [1.807, 2.05) is 0 Å². The van der Waals surface area contributed by atoms with Gasteiger partial charge in [-0.15, -0.1) is 12.6 Å². The maximum absolute atomic E-state index is 4.84. The van der Waals surface area contributed by atoms with E-state index in [9.17, 15) is 0 Å². The molecule has 1 heteroatoms. The fourth-order valence-corrected chi connectivity index (χ4v) is 8.48. The van der Waals surface area contributed by atoms with E-state index in [0.29, 0.717) is 0 Å². The van der Waals surface area contributed by atoms with Crippen molar-refractivity contribution >= 4 is 34.2 Å². The molecule has 1 aliphatic rings. The van der Waals surface area contributed by atoms with Crippen molar-refractivity contribution in [3.05, 3.63) is 126 Å². The number of thiol groups is 1. The van der Waals surface area contributed by atoms with E-state index < -0.39 is 0 Å². The van der Waals surface area contributed by atoms with Crippen LogP contribution in [-0.2, 0) is 5.41 Å². The molecule has 7 rings (SSSR count). The molecule has 6 aromatic carbocycles. The molecule has 0 bridgehead atoms. The van der Waals surface area contributed by atoms with Crippen LogP contribution in [0.25, 0.3) is 54.9 Å². The molecule has 46 heavy (non-hydrogen) atoms. The maximum Gasteiger partial charge on any atom is 0.0215 e. The van der Waals surface area contributed by atoms with Crippen LogP contribution in [0.4, 0.5) is 0 Å². The van der Waals surface area contributed by atoms with E-state index in [0.717, 1.165) is 4.90 Å². The van der Waals surface area contributed by atoms with Crippen LogP contribution in [0.3, 0.4) is 0 Å². The highest BCUT2D eigenvalue weighted by Crippen LogP contribution is 2.56. The second-order valence-corrected chi connectivity index (χ2v) is 14.0. The van der Waals surface area contributed by atoms with Crippen LogP contribution in [0.15, 0.2) is 120 Å². The van der Waals surface area contributed by atoms with Gasteiger partial charge in [0.15, 0.2) is 0 Å². The Balaban J connectivity index is 1.42. The number of hydrogen-bond acceptors (Lipinski definition) is 1. The average Bonchev–Trinajstić information content (AvgIpc) is 3.36. The van der Waals surface area contributed by atoms with Gasteiger partial charge in [0.05, 0.1) is 0 Å². The Morgan fingerprint density at radius 3 is 1.63 bits per heavy atom. The zero-order valence-corrected chi connectivity index (χ0v) is 28.4. The Kier molecular flexibility index (Phi) is 9.05. The van der Waals surface area contributed by atoms with E-state index in [1.54, 1.807) is 5.56 Å². The summed E-state index contributed by atoms with van der Waals surface area (Å²) >= 11 is 4.84. The molecule has 0 unspecified atom stereocenters. The van der Waals surface area contributed by atoms with Gasteiger partial charge in [-0.25, -0.2) is 0 Å². The fourth-order valence-electron chi connectivity index (χ4n) is 8.21. The first-order chi connectivity index (χ1) is 22.6. The summed E-state index contributed by atoms with van der Waals surface area (Å²) in [5.41, 5.74) is 11.2. The first-order valence-electron chi connectivity index (χ1n) is 17.6. The Morgan fingerprint density at radius 1 is 0.457 bits per heavy atom. The van der Waals surface area contributed by atoms with Crippen LogP contribution < -0.4 is 0 Å². The van der Waals surface area contributed by atoms with Gasteiger partial charge in [-0.2, -0.15) is 0 Å². The van der Waals surface area contributed by atoms with Crippen LogP contribution in [0.5, 0.6) is 0 Å². The van der Waals surface area contributed by atoms with E-state index in [2.05, 4.69) is 129 Å². The lowest BCUT2D eigenvalue weighted by atomic mass is 9.70. The second-order valence-electron chi connectivity index (χ2n) is 13.5. The predicted molar refractivity (Wildman–Crippen MR) is 203 cm³/mol. The molecular formula is C45H46S. The van der Waals surface area contributed by atoms with Gasteiger partial charge in [0.25, 0.3) is 0 Å². The molecule has 0 radical (unpaired) electrons. The molecular weight excluding hydrogens is 573 g/mol. The summed E-state index contributed by atoms with van der Waals surface area (Å²) < 4.78 is 0. The van der Waals surface area contributed by atoms with Crippen molar-refractivity contribution < 1.29 is 0 Å². The first-order valence-corrected chi connectivity index (χ1v) is 18.1. The van der Waals surface area contributed by atoms with Crippen molar-refractivity contribution in [2.75, 3.05) is 0 Å². The molecule has 0 N–H and O–H groups in total. The first kappa shape index (κ1) is 30.8. The zero-order valence-electron chi connectivity index (χ0n) is 27.5. The molecule has 0 fully saturated rings. The summed E-state index contributed by atoms with van der Waals surface area (Å²) in [5, 5.41) is 5.18. The highest BCUT2D eigenvalue weighted by Gasteiger charge is 2.42. The molecule has 0 aromatic heterocycles. The molecule has 0 heterocycles. The minimum Gasteiger partial charge on any atom is -0.143 e. The van der Waals surface area contributed by atoms with Gasteiger partial charge in [0, 0.05) is 10.3 Å². The Hall–Kier alpha value is -3.81. The van der Waals surface area contributed by atoms with Crippen molar-refractivity contribution in [2.45, 2.75) is 88.4 Å². The quantitative estimate of drug-likeness (QED) is 0.102. The number of unbranched alkanes of at least 4 members (excludes halogenated alkanes) is 6. The number of hydrogen-bond donors (Lipinski definition) is 1. The van der Waals surface area contributed by atoms with Crippen molar-refractivity contribution in [3.63, 3.8) is 0 Å². The van der Waals surface area contributed by atoms with Crippen molar-refractivity contribution in [1.82, 2.24) is 0 Å². The number of fused-ring (bicyclic) bond motifs is 5. The van der Waals surface area contributed by atoms with Crippen molar-refractivity contribution in [1.29, 1.82) is 0 Å². The van der Waals surface area contributed by atoms with Gasteiger partial charge < -0.3 is 0 Å². The third kappa shape index (κ3) is 5.69. The van der Waals surface area contributed by atoms with Gasteiger partial charge >= 0.3 is 0 Å². The van der Waals surface area contributed by atoms with Crippen LogP contribution >= 0.6 is 12.6 Å². The zero-order chi connectivity index (χ0) is 31.5. The topological polar surface area (TPSA) is 0 Å². The molecule has 232 valence electrons. The van der Waals surface area contributed by atoms with Crippen molar-refractivity contribution in [3.8, 4) is 33.4 Å². The van der Waals surface area contributed by atoms with Gasteiger partial charge in [0.2, 0.25) is 0 Å². The molecule has 0 amide bonds. The standard InChI is InChI=1S/C45H46S/c1-3-5-7-13-26-45(27-14-8-6-4-2)43-29-34(38-21-15-18-32-16-9-11-19-37(32)38)22-24-40(43)41-25-23-35(30-44(41)45)42-31-36(46)28-33-17-10-12-20-39(33)42/h9-12,15-25,28-31,46H,3-8,13-14,26-27H2,1-2H3. The number of benzene rings is 6. The summed E-state index contributed by atoms with van der Waals surface area (Å²) in [6, 6.07) is 43.6. The van der Waals surface area contributed by atoms with Crippen LogP contribution in [0.1, 0.15) is 89.2 Å². The lowest BCUT2D eigenvalue weighted by molar-refractivity contribution is 0.401. The minimum absolute atomic E-state index is 0.0110. The summed E-state index contributed by atoms with van der Waals surface area (Å²) in [5.74, 6) is 0.